The van der Waals surface area contributed by atoms with Gasteiger partial charge in [0, 0.05) is 16.7 Å². The van der Waals surface area contributed by atoms with E-state index in [1.54, 1.807) is 0 Å². The van der Waals surface area contributed by atoms with Gasteiger partial charge in [0.25, 0.3) is 0 Å². The maximum absolute atomic E-state index is 4.94. The lowest BCUT2D eigenvalue weighted by atomic mass is 9.94. The Bertz CT molecular complexity index is 657. The SMILES string of the molecule is CC(C)c1ccc2c(c1)CCCc1[nH]c(C(C)(C)C)nc1-2. The van der Waals surface area contributed by atoms with Crippen LogP contribution in [0, 0.1) is 0 Å². The van der Waals surface area contributed by atoms with Crippen molar-refractivity contribution in [1.29, 1.82) is 0 Å². The van der Waals surface area contributed by atoms with Gasteiger partial charge < -0.3 is 4.98 Å². The lowest BCUT2D eigenvalue weighted by molar-refractivity contribution is 0.551. The fourth-order valence-corrected chi connectivity index (χ4v) is 3.03. The highest BCUT2D eigenvalue weighted by atomic mass is 15.0. The number of nitrogens with one attached hydrogen (secondary N) is 1. The minimum Gasteiger partial charge on any atom is -0.345 e. The summed E-state index contributed by atoms with van der Waals surface area (Å²) in [4.78, 5) is 8.52. The largest absolute Gasteiger partial charge is 0.345 e. The second-order valence-electron chi connectivity index (χ2n) is 7.59. The molecule has 1 aliphatic rings. The van der Waals surface area contributed by atoms with Crippen molar-refractivity contribution in [2.24, 2.45) is 0 Å². The number of hydrogen-bond donors (Lipinski definition) is 1. The number of fused-ring (bicyclic) bond motifs is 3. The standard InChI is InChI=1S/C19H26N2/c1-12(2)13-9-10-15-14(11-13)7-6-8-16-17(15)21-18(20-16)19(3,4)5/h9-12H,6-8H2,1-5H3,(H,20,21). The van der Waals surface area contributed by atoms with Gasteiger partial charge in [-0.2, -0.15) is 0 Å². The summed E-state index contributed by atoms with van der Waals surface area (Å²) in [6.07, 6.45) is 3.46. The van der Waals surface area contributed by atoms with Gasteiger partial charge in [-0.25, -0.2) is 4.98 Å². The first kappa shape index (κ1) is 14.4. The molecular formula is C19H26N2. The van der Waals surface area contributed by atoms with Crippen LogP contribution in [-0.4, -0.2) is 9.97 Å². The summed E-state index contributed by atoms with van der Waals surface area (Å²) in [6.45, 7) is 11.2. The molecule has 0 saturated heterocycles. The first-order valence-corrected chi connectivity index (χ1v) is 8.09. The van der Waals surface area contributed by atoms with E-state index in [4.69, 9.17) is 4.98 Å². The molecule has 0 fully saturated rings. The van der Waals surface area contributed by atoms with E-state index in [2.05, 4.69) is 57.8 Å². The molecule has 1 aliphatic carbocycles. The van der Waals surface area contributed by atoms with Crippen LogP contribution in [0.5, 0.6) is 0 Å². The van der Waals surface area contributed by atoms with E-state index in [1.807, 2.05) is 0 Å². The van der Waals surface area contributed by atoms with Crippen LogP contribution >= 0.6 is 0 Å². The Hall–Kier alpha value is -1.57. The number of rotatable bonds is 1. The average molecular weight is 282 g/mol. The summed E-state index contributed by atoms with van der Waals surface area (Å²) in [5.41, 5.74) is 6.80. The van der Waals surface area contributed by atoms with E-state index in [1.165, 1.54) is 34.5 Å². The van der Waals surface area contributed by atoms with Crippen LogP contribution in [-0.2, 0) is 18.3 Å². The van der Waals surface area contributed by atoms with Gasteiger partial charge in [0.15, 0.2) is 0 Å². The number of hydrogen-bond acceptors (Lipinski definition) is 1. The van der Waals surface area contributed by atoms with E-state index >= 15 is 0 Å². The van der Waals surface area contributed by atoms with Crippen molar-refractivity contribution in [2.45, 2.75) is 65.2 Å². The van der Waals surface area contributed by atoms with Crippen molar-refractivity contribution >= 4 is 0 Å². The molecule has 0 atom stereocenters. The highest BCUT2D eigenvalue weighted by molar-refractivity contribution is 5.68. The highest BCUT2D eigenvalue weighted by Crippen LogP contribution is 2.34. The molecule has 0 saturated carbocycles. The quantitative estimate of drug-likeness (QED) is 0.784. The van der Waals surface area contributed by atoms with Gasteiger partial charge in [0.05, 0.1) is 5.69 Å². The van der Waals surface area contributed by atoms with E-state index in [9.17, 15) is 0 Å². The predicted molar refractivity (Wildman–Crippen MR) is 88.8 cm³/mol. The third-order valence-electron chi connectivity index (χ3n) is 4.41. The summed E-state index contributed by atoms with van der Waals surface area (Å²) in [6, 6.07) is 6.94. The van der Waals surface area contributed by atoms with Gasteiger partial charge in [0.1, 0.15) is 5.82 Å². The molecular weight excluding hydrogens is 256 g/mol. The van der Waals surface area contributed by atoms with Crippen molar-refractivity contribution in [3.63, 3.8) is 0 Å². The highest BCUT2D eigenvalue weighted by Gasteiger charge is 2.24. The smallest absolute Gasteiger partial charge is 0.112 e. The van der Waals surface area contributed by atoms with Gasteiger partial charge in [-0.05, 0) is 36.3 Å². The number of aromatic amines is 1. The first-order chi connectivity index (χ1) is 9.86. The fraction of sp³-hybridized carbons (Fsp3) is 0.526. The van der Waals surface area contributed by atoms with Crippen LogP contribution in [0.3, 0.4) is 0 Å². The Labute approximate surface area is 128 Å². The van der Waals surface area contributed by atoms with Crippen molar-refractivity contribution in [2.75, 3.05) is 0 Å². The van der Waals surface area contributed by atoms with Gasteiger partial charge in [0.2, 0.25) is 0 Å². The zero-order valence-electron chi connectivity index (χ0n) is 13.9. The van der Waals surface area contributed by atoms with E-state index < -0.39 is 0 Å². The lowest BCUT2D eigenvalue weighted by Gasteiger charge is -2.14. The Kier molecular flexibility index (Phi) is 3.43. The van der Waals surface area contributed by atoms with Crippen LogP contribution in [0.1, 0.15) is 69.6 Å². The Morgan fingerprint density at radius 1 is 1.14 bits per heavy atom. The summed E-state index contributed by atoms with van der Waals surface area (Å²) >= 11 is 0. The third kappa shape index (κ3) is 2.64. The predicted octanol–water partition coefficient (Wildman–Crippen LogP) is 4.99. The summed E-state index contributed by atoms with van der Waals surface area (Å²) in [5, 5.41) is 0. The second-order valence-corrected chi connectivity index (χ2v) is 7.59. The molecule has 0 amide bonds. The van der Waals surface area contributed by atoms with Crippen LogP contribution < -0.4 is 0 Å². The van der Waals surface area contributed by atoms with Gasteiger partial charge in [-0.15, -0.1) is 0 Å². The lowest BCUT2D eigenvalue weighted by Crippen LogP contribution is -2.13. The molecule has 1 aromatic carbocycles. The molecule has 21 heavy (non-hydrogen) atoms. The molecule has 3 rings (SSSR count). The average Bonchev–Trinajstić information content (AvgIpc) is 2.75. The number of nitrogens with zero attached hydrogens (tertiary/aromatic N) is 1. The molecule has 1 heterocycles. The van der Waals surface area contributed by atoms with Crippen molar-refractivity contribution in [3.05, 3.63) is 40.8 Å². The minimum absolute atomic E-state index is 0.0736. The van der Waals surface area contributed by atoms with Crippen LogP contribution in [0.15, 0.2) is 18.2 Å². The van der Waals surface area contributed by atoms with Crippen molar-refractivity contribution in [1.82, 2.24) is 9.97 Å². The summed E-state index contributed by atoms with van der Waals surface area (Å²) in [7, 11) is 0. The van der Waals surface area contributed by atoms with Gasteiger partial charge in [-0.3, -0.25) is 0 Å². The van der Waals surface area contributed by atoms with E-state index in [0.717, 1.165) is 18.7 Å². The minimum atomic E-state index is 0.0736. The maximum atomic E-state index is 4.94. The Morgan fingerprint density at radius 2 is 1.90 bits per heavy atom. The third-order valence-corrected chi connectivity index (χ3v) is 4.41. The Balaban J connectivity index is 2.12. The molecule has 0 aliphatic heterocycles. The summed E-state index contributed by atoms with van der Waals surface area (Å²) < 4.78 is 0. The topological polar surface area (TPSA) is 28.7 Å². The van der Waals surface area contributed by atoms with E-state index in [0.29, 0.717) is 5.92 Å². The fourth-order valence-electron chi connectivity index (χ4n) is 3.03. The summed E-state index contributed by atoms with van der Waals surface area (Å²) in [5.74, 6) is 1.69. The first-order valence-electron chi connectivity index (χ1n) is 8.09. The van der Waals surface area contributed by atoms with Crippen LogP contribution in [0.25, 0.3) is 11.3 Å². The molecule has 2 heteroatoms. The van der Waals surface area contributed by atoms with Crippen LogP contribution in [0.2, 0.25) is 0 Å². The molecule has 2 nitrogen and oxygen atoms in total. The number of benzene rings is 1. The Morgan fingerprint density at radius 3 is 2.57 bits per heavy atom. The normalized spacial score (nSPS) is 14.8. The van der Waals surface area contributed by atoms with E-state index in [-0.39, 0.29) is 5.41 Å². The maximum Gasteiger partial charge on any atom is 0.112 e. The zero-order chi connectivity index (χ0) is 15.2. The molecule has 112 valence electrons. The van der Waals surface area contributed by atoms with Crippen molar-refractivity contribution < 1.29 is 0 Å². The van der Waals surface area contributed by atoms with Crippen molar-refractivity contribution in [3.8, 4) is 11.3 Å². The number of aromatic nitrogens is 2. The monoisotopic (exact) mass is 282 g/mol. The molecule has 2 aromatic rings. The van der Waals surface area contributed by atoms with Gasteiger partial charge in [-0.1, -0.05) is 52.8 Å². The molecule has 0 spiro atoms. The number of aryl methyl sites for hydroxylation is 2. The zero-order valence-corrected chi connectivity index (χ0v) is 13.9. The molecule has 0 radical (unpaired) electrons. The number of imidazole rings is 1. The second kappa shape index (κ2) is 5.01. The molecule has 0 bridgehead atoms. The van der Waals surface area contributed by atoms with Gasteiger partial charge >= 0.3 is 0 Å². The molecule has 0 unspecified atom stereocenters. The van der Waals surface area contributed by atoms with Crippen LogP contribution in [0.4, 0.5) is 0 Å². The molecule has 1 N–H and O–H groups in total. The molecule has 1 aromatic heterocycles. The number of H-pyrrole nitrogens is 1.